The van der Waals surface area contributed by atoms with Crippen LogP contribution in [0.25, 0.3) is 11.3 Å². The lowest BCUT2D eigenvalue weighted by Crippen LogP contribution is -2.43. The van der Waals surface area contributed by atoms with Crippen LogP contribution in [-0.2, 0) is 17.9 Å². The van der Waals surface area contributed by atoms with E-state index in [4.69, 9.17) is 4.98 Å². The smallest absolute Gasteiger partial charge is 0.237 e. The van der Waals surface area contributed by atoms with E-state index in [1.807, 2.05) is 9.47 Å². The second-order valence-corrected chi connectivity index (χ2v) is 8.45. The molecule has 1 aromatic heterocycles. The number of nitrogens with one attached hydrogen (secondary N) is 1. The maximum absolute atomic E-state index is 13.5. The lowest BCUT2D eigenvalue weighted by Gasteiger charge is -2.30. The summed E-state index contributed by atoms with van der Waals surface area (Å²) in [5.41, 5.74) is 2.05. The number of carbonyl (C=O) groups is 1. The van der Waals surface area contributed by atoms with E-state index in [0.29, 0.717) is 62.2 Å². The predicted octanol–water partition coefficient (Wildman–Crippen LogP) is 3.96. The number of rotatable bonds is 5. The topological polar surface area (TPSA) is 53.4 Å². The number of benzene rings is 2. The number of hydrogen-bond acceptors (Lipinski definition) is 4. The number of anilines is 2. The average molecular weight is 455 g/mol. The Bertz CT molecular complexity index is 1150. The molecule has 0 radical (unpaired) electrons. The Hall–Kier alpha value is -3.33. The van der Waals surface area contributed by atoms with Crippen molar-refractivity contribution < 1.29 is 18.0 Å². The van der Waals surface area contributed by atoms with Crippen molar-refractivity contribution in [3.63, 3.8) is 0 Å². The van der Waals surface area contributed by atoms with Crippen LogP contribution in [0.4, 0.5) is 24.7 Å². The first-order valence-electron chi connectivity index (χ1n) is 11.0. The Balaban J connectivity index is 1.42. The number of amides is 1. The third kappa shape index (κ3) is 4.59. The van der Waals surface area contributed by atoms with Crippen LogP contribution in [0.2, 0.25) is 0 Å². The molecule has 1 N–H and O–H groups in total. The number of imidazole rings is 1. The summed E-state index contributed by atoms with van der Waals surface area (Å²) in [6, 6.07) is 12.1. The molecule has 0 unspecified atom stereocenters. The van der Waals surface area contributed by atoms with Gasteiger partial charge in [-0.1, -0.05) is 0 Å². The molecule has 2 aliphatic rings. The lowest BCUT2D eigenvalue weighted by molar-refractivity contribution is -0.133. The van der Waals surface area contributed by atoms with E-state index in [9.17, 15) is 18.0 Å². The highest BCUT2D eigenvalue weighted by Gasteiger charge is 2.29. The lowest BCUT2D eigenvalue weighted by atomic mass is 10.1. The second kappa shape index (κ2) is 8.90. The Kier molecular flexibility index (Phi) is 5.80. The van der Waals surface area contributed by atoms with Crippen LogP contribution < -0.4 is 5.32 Å². The quantitative estimate of drug-likeness (QED) is 0.633. The molecular formula is C24H24F3N5O. The zero-order valence-electron chi connectivity index (χ0n) is 18.0. The fraction of sp³-hybridized carbons (Fsp3) is 0.333. The highest BCUT2D eigenvalue weighted by Crippen LogP contribution is 2.33. The molecule has 1 saturated heterocycles. The SMILES string of the molecule is O=C(CN1CC[C@@H](F)C1)N1CCn2c(nc(-c3ccc(F)cc3)c2Nc2ccc(F)cc2)C1. The van der Waals surface area contributed by atoms with Gasteiger partial charge in [-0.05, 0) is 55.0 Å². The Morgan fingerprint density at radius 1 is 1.00 bits per heavy atom. The number of aromatic nitrogens is 2. The fourth-order valence-corrected chi connectivity index (χ4v) is 4.37. The third-order valence-electron chi connectivity index (χ3n) is 6.12. The summed E-state index contributed by atoms with van der Waals surface area (Å²) in [6.45, 7) is 2.43. The van der Waals surface area contributed by atoms with E-state index >= 15 is 0 Å². The molecule has 0 aliphatic carbocycles. The first-order chi connectivity index (χ1) is 16.0. The van der Waals surface area contributed by atoms with Gasteiger partial charge in [0.2, 0.25) is 5.91 Å². The molecule has 5 rings (SSSR count). The normalized spacial score (nSPS) is 18.4. The Labute approximate surface area is 189 Å². The summed E-state index contributed by atoms with van der Waals surface area (Å²) < 4.78 is 42.3. The minimum atomic E-state index is -0.864. The molecule has 9 heteroatoms. The van der Waals surface area contributed by atoms with Gasteiger partial charge in [-0.25, -0.2) is 18.2 Å². The van der Waals surface area contributed by atoms with E-state index in [2.05, 4.69) is 5.32 Å². The zero-order valence-corrected chi connectivity index (χ0v) is 18.0. The van der Waals surface area contributed by atoms with Crippen molar-refractivity contribution in [2.45, 2.75) is 25.7 Å². The van der Waals surface area contributed by atoms with Gasteiger partial charge in [-0.2, -0.15) is 0 Å². The molecule has 2 aliphatic heterocycles. The summed E-state index contributed by atoms with van der Waals surface area (Å²) in [7, 11) is 0. The molecule has 1 atom stereocenters. The molecule has 0 saturated carbocycles. The summed E-state index contributed by atoms with van der Waals surface area (Å²) in [5, 5.41) is 3.32. The number of likely N-dealkylation sites (tertiary alicyclic amines) is 1. The van der Waals surface area contributed by atoms with Crippen LogP contribution in [0.5, 0.6) is 0 Å². The second-order valence-electron chi connectivity index (χ2n) is 8.45. The zero-order chi connectivity index (χ0) is 22.9. The monoisotopic (exact) mass is 455 g/mol. The summed E-state index contributed by atoms with van der Waals surface area (Å²) in [5.74, 6) is 0.680. The molecule has 3 aromatic rings. The first-order valence-corrected chi connectivity index (χ1v) is 11.0. The van der Waals surface area contributed by atoms with Crippen molar-refractivity contribution in [1.29, 1.82) is 0 Å². The molecular weight excluding hydrogens is 431 g/mol. The van der Waals surface area contributed by atoms with Gasteiger partial charge in [-0.15, -0.1) is 0 Å². The van der Waals surface area contributed by atoms with Crippen molar-refractivity contribution in [1.82, 2.24) is 19.4 Å². The molecule has 6 nitrogen and oxygen atoms in total. The van der Waals surface area contributed by atoms with Crippen LogP contribution >= 0.6 is 0 Å². The fourth-order valence-electron chi connectivity index (χ4n) is 4.37. The largest absolute Gasteiger partial charge is 0.340 e. The molecule has 172 valence electrons. The minimum absolute atomic E-state index is 0.0466. The van der Waals surface area contributed by atoms with Crippen LogP contribution in [0.15, 0.2) is 48.5 Å². The van der Waals surface area contributed by atoms with Crippen molar-refractivity contribution >= 4 is 17.4 Å². The molecule has 3 heterocycles. The highest BCUT2D eigenvalue weighted by atomic mass is 19.1. The van der Waals surface area contributed by atoms with Gasteiger partial charge in [0.05, 0.1) is 13.1 Å². The van der Waals surface area contributed by atoms with Gasteiger partial charge in [0.25, 0.3) is 0 Å². The van der Waals surface area contributed by atoms with Gasteiger partial charge < -0.3 is 14.8 Å². The number of carbonyl (C=O) groups excluding carboxylic acids is 1. The van der Waals surface area contributed by atoms with Crippen molar-refractivity contribution in [3.8, 4) is 11.3 Å². The van der Waals surface area contributed by atoms with Gasteiger partial charge in [0, 0.05) is 37.4 Å². The molecule has 33 heavy (non-hydrogen) atoms. The van der Waals surface area contributed by atoms with E-state index in [-0.39, 0.29) is 24.1 Å². The Morgan fingerprint density at radius 3 is 2.36 bits per heavy atom. The van der Waals surface area contributed by atoms with Crippen molar-refractivity contribution in [2.24, 2.45) is 0 Å². The standard InChI is InChI=1S/C24H24F3N5O/c25-17-3-1-16(2-4-17)23-24(28-20-7-5-18(26)6-8-20)32-12-11-31(14-21(32)29-23)22(33)15-30-10-9-19(27)13-30/h1-8,19,28H,9-15H2/t19-/m1/s1. The summed E-state index contributed by atoms with van der Waals surface area (Å²) in [4.78, 5) is 21.2. The third-order valence-corrected chi connectivity index (χ3v) is 6.12. The average Bonchev–Trinajstić information content (AvgIpc) is 3.38. The number of alkyl halides is 1. The van der Waals surface area contributed by atoms with E-state index in [0.717, 1.165) is 5.56 Å². The van der Waals surface area contributed by atoms with Gasteiger partial charge in [0.1, 0.15) is 35.1 Å². The first kappa shape index (κ1) is 21.5. The molecule has 2 aromatic carbocycles. The van der Waals surface area contributed by atoms with Crippen LogP contribution in [0.3, 0.4) is 0 Å². The van der Waals surface area contributed by atoms with E-state index in [1.165, 1.54) is 24.3 Å². The van der Waals surface area contributed by atoms with Gasteiger partial charge in [0.15, 0.2) is 0 Å². The van der Waals surface area contributed by atoms with Crippen LogP contribution in [0, 0.1) is 11.6 Å². The minimum Gasteiger partial charge on any atom is -0.340 e. The molecule has 0 spiro atoms. The summed E-state index contributed by atoms with van der Waals surface area (Å²) in [6.07, 6.45) is -0.395. The van der Waals surface area contributed by atoms with Gasteiger partial charge >= 0.3 is 0 Å². The van der Waals surface area contributed by atoms with E-state index < -0.39 is 6.17 Å². The molecule has 1 amide bonds. The van der Waals surface area contributed by atoms with Crippen LogP contribution in [0.1, 0.15) is 12.2 Å². The van der Waals surface area contributed by atoms with Crippen molar-refractivity contribution in [3.05, 3.63) is 66.0 Å². The van der Waals surface area contributed by atoms with Gasteiger partial charge in [-0.3, -0.25) is 9.69 Å². The molecule has 0 bridgehead atoms. The Morgan fingerprint density at radius 2 is 1.70 bits per heavy atom. The molecule has 1 fully saturated rings. The van der Waals surface area contributed by atoms with E-state index in [1.54, 1.807) is 29.2 Å². The number of halogens is 3. The highest BCUT2D eigenvalue weighted by molar-refractivity contribution is 5.79. The van der Waals surface area contributed by atoms with Crippen LogP contribution in [-0.4, -0.2) is 57.6 Å². The predicted molar refractivity (Wildman–Crippen MR) is 119 cm³/mol. The maximum Gasteiger partial charge on any atom is 0.237 e. The number of fused-ring (bicyclic) bond motifs is 1. The number of hydrogen-bond donors (Lipinski definition) is 1. The summed E-state index contributed by atoms with van der Waals surface area (Å²) >= 11 is 0. The van der Waals surface area contributed by atoms with Crippen molar-refractivity contribution in [2.75, 3.05) is 31.5 Å². The number of nitrogens with zero attached hydrogens (tertiary/aromatic N) is 4. The maximum atomic E-state index is 13.5.